The molecule has 0 spiro atoms. The van der Waals surface area contributed by atoms with E-state index in [0.29, 0.717) is 0 Å². The van der Waals surface area contributed by atoms with Crippen LogP contribution in [-0.2, 0) is 10.0 Å². The Kier molecular flexibility index (Phi) is 2.90. The zero-order valence-corrected chi connectivity index (χ0v) is 9.79. The lowest BCUT2D eigenvalue weighted by molar-refractivity contribution is 0.598. The summed E-state index contributed by atoms with van der Waals surface area (Å²) in [6.45, 7) is 0. The van der Waals surface area contributed by atoms with E-state index in [4.69, 9.17) is 5.73 Å². The molecule has 0 aromatic carbocycles. The smallest absolute Gasteiger partial charge is 0.292 e. The molecule has 17 heavy (non-hydrogen) atoms. The predicted molar refractivity (Wildman–Crippen MR) is 59.3 cm³/mol. The number of rotatable bonds is 3. The van der Waals surface area contributed by atoms with Crippen LogP contribution in [0.3, 0.4) is 0 Å². The minimum absolute atomic E-state index is 0.0137. The quantitative estimate of drug-likeness (QED) is 0.841. The molecule has 3 N–H and O–H groups in total. The Bertz CT molecular complexity index is 624. The lowest BCUT2D eigenvalue weighted by Crippen LogP contribution is -2.13. The number of anilines is 2. The number of hydrogen-bond donors (Lipinski definition) is 2. The fourth-order valence-electron chi connectivity index (χ4n) is 0.946. The fraction of sp³-hybridized carbons (Fsp3) is 0. The second-order valence-corrected chi connectivity index (χ2v) is 5.74. The summed E-state index contributed by atoms with van der Waals surface area (Å²) in [5.41, 5.74) is 5.28. The number of aromatic nitrogens is 3. The summed E-state index contributed by atoms with van der Waals surface area (Å²) in [4.78, 5) is 3.56. The van der Waals surface area contributed by atoms with Crippen molar-refractivity contribution in [1.82, 2.24) is 15.2 Å². The van der Waals surface area contributed by atoms with Gasteiger partial charge in [-0.25, -0.2) is 9.37 Å². The molecule has 0 atom stereocenters. The van der Waals surface area contributed by atoms with Gasteiger partial charge in [0.2, 0.25) is 5.13 Å². The van der Waals surface area contributed by atoms with Crippen LogP contribution in [0.15, 0.2) is 22.7 Å². The number of pyridine rings is 1. The van der Waals surface area contributed by atoms with Gasteiger partial charge in [0, 0.05) is 0 Å². The Balaban J connectivity index is 2.26. The van der Waals surface area contributed by atoms with Crippen LogP contribution in [0.4, 0.5) is 15.3 Å². The molecule has 0 unspecified atom stereocenters. The first kappa shape index (κ1) is 11.7. The van der Waals surface area contributed by atoms with Gasteiger partial charge in [-0.2, -0.15) is 8.42 Å². The summed E-state index contributed by atoms with van der Waals surface area (Å²) < 4.78 is 37.8. The summed E-state index contributed by atoms with van der Waals surface area (Å²) >= 11 is 0.720. The van der Waals surface area contributed by atoms with E-state index in [0.717, 1.165) is 23.6 Å². The van der Waals surface area contributed by atoms with Gasteiger partial charge in [-0.05, 0) is 12.1 Å². The molecule has 2 aromatic rings. The van der Waals surface area contributed by atoms with E-state index >= 15 is 0 Å². The van der Waals surface area contributed by atoms with E-state index < -0.39 is 15.8 Å². The number of nitrogens with zero attached hydrogens (tertiary/aromatic N) is 3. The molecule has 7 nitrogen and oxygen atoms in total. The van der Waals surface area contributed by atoms with Crippen molar-refractivity contribution in [2.24, 2.45) is 0 Å². The van der Waals surface area contributed by atoms with Crippen LogP contribution in [-0.4, -0.2) is 23.6 Å². The molecule has 10 heteroatoms. The Labute approximate surface area is 99.6 Å². The van der Waals surface area contributed by atoms with Gasteiger partial charge in [-0.3, -0.25) is 4.72 Å². The van der Waals surface area contributed by atoms with Gasteiger partial charge in [-0.1, -0.05) is 11.3 Å². The van der Waals surface area contributed by atoms with Crippen LogP contribution in [0.25, 0.3) is 0 Å². The van der Waals surface area contributed by atoms with E-state index in [1.54, 1.807) is 0 Å². The molecule has 0 bridgehead atoms. The molecule has 0 saturated carbocycles. The van der Waals surface area contributed by atoms with E-state index in [1.807, 2.05) is 0 Å². The Morgan fingerprint density at radius 1 is 1.35 bits per heavy atom. The number of nitrogens with two attached hydrogens (primary N) is 1. The average molecular weight is 275 g/mol. The second-order valence-electron chi connectivity index (χ2n) is 2.87. The third-order valence-electron chi connectivity index (χ3n) is 1.62. The largest absolute Gasteiger partial charge is 0.374 e. The highest BCUT2D eigenvalue weighted by molar-refractivity contribution is 7.94. The summed E-state index contributed by atoms with van der Waals surface area (Å²) in [6, 6.07) is 2.27. The molecule has 0 radical (unpaired) electrons. The Hall–Kier alpha value is -1.81. The van der Waals surface area contributed by atoms with E-state index in [-0.39, 0.29) is 15.3 Å². The van der Waals surface area contributed by atoms with Crippen molar-refractivity contribution in [2.75, 3.05) is 10.5 Å². The lowest BCUT2D eigenvalue weighted by atomic mass is 10.5. The molecule has 90 valence electrons. The lowest BCUT2D eigenvalue weighted by Gasteiger charge is -2.02. The summed E-state index contributed by atoms with van der Waals surface area (Å²) in [5.74, 6) is -0.576. The number of sulfonamides is 1. The Morgan fingerprint density at radius 3 is 2.65 bits per heavy atom. The molecule has 0 amide bonds. The van der Waals surface area contributed by atoms with Crippen LogP contribution in [0.1, 0.15) is 0 Å². The van der Waals surface area contributed by atoms with Crippen molar-refractivity contribution in [3.8, 4) is 0 Å². The normalized spacial score (nSPS) is 11.4. The standard InChI is InChI=1S/C7H6FN5O2S2/c8-4-1-2-5(10-3-4)13-17(14,15)7-12-11-6(9)16-7/h1-3H,(H2,9,11)(H,10,13). The fourth-order valence-corrected chi connectivity index (χ4v) is 2.74. The minimum atomic E-state index is -3.88. The number of nitrogen functional groups attached to an aromatic ring is 1. The van der Waals surface area contributed by atoms with Crippen LogP contribution in [0.5, 0.6) is 0 Å². The maximum absolute atomic E-state index is 12.6. The summed E-state index contributed by atoms with van der Waals surface area (Å²) in [7, 11) is -3.88. The highest BCUT2D eigenvalue weighted by Gasteiger charge is 2.20. The van der Waals surface area contributed by atoms with Crippen LogP contribution in [0.2, 0.25) is 0 Å². The molecular formula is C7H6FN5O2S2. The first-order chi connectivity index (χ1) is 7.97. The SMILES string of the molecule is Nc1nnc(S(=O)(=O)Nc2ccc(F)cn2)s1. The summed E-state index contributed by atoms with van der Waals surface area (Å²) in [6.07, 6.45) is 0.895. The molecular weight excluding hydrogens is 269 g/mol. The highest BCUT2D eigenvalue weighted by Crippen LogP contribution is 2.19. The molecule has 0 aliphatic carbocycles. The maximum atomic E-state index is 12.6. The zero-order chi connectivity index (χ0) is 12.5. The average Bonchev–Trinajstić information content (AvgIpc) is 2.69. The molecule has 0 fully saturated rings. The number of hydrogen-bond acceptors (Lipinski definition) is 7. The van der Waals surface area contributed by atoms with Gasteiger partial charge in [0.15, 0.2) is 0 Å². The van der Waals surface area contributed by atoms with Gasteiger partial charge in [0.1, 0.15) is 11.6 Å². The van der Waals surface area contributed by atoms with E-state index in [1.165, 1.54) is 6.07 Å². The molecule has 2 aromatic heterocycles. The van der Waals surface area contributed by atoms with E-state index in [9.17, 15) is 12.8 Å². The van der Waals surface area contributed by atoms with Crippen molar-refractivity contribution < 1.29 is 12.8 Å². The van der Waals surface area contributed by atoms with Crippen LogP contribution >= 0.6 is 11.3 Å². The first-order valence-electron chi connectivity index (χ1n) is 4.21. The molecule has 0 aliphatic heterocycles. The van der Waals surface area contributed by atoms with Gasteiger partial charge >= 0.3 is 0 Å². The van der Waals surface area contributed by atoms with Crippen LogP contribution in [0, 0.1) is 5.82 Å². The summed E-state index contributed by atoms with van der Waals surface area (Å²) in [5, 5.41) is 6.82. The molecule has 0 aliphatic rings. The second kappa shape index (κ2) is 4.22. The monoisotopic (exact) mass is 275 g/mol. The zero-order valence-electron chi connectivity index (χ0n) is 8.16. The molecule has 2 rings (SSSR count). The third-order valence-corrected chi connectivity index (χ3v) is 4.09. The minimum Gasteiger partial charge on any atom is -0.374 e. The van der Waals surface area contributed by atoms with Crippen molar-refractivity contribution in [1.29, 1.82) is 0 Å². The third kappa shape index (κ3) is 2.65. The maximum Gasteiger partial charge on any atom is 0.292 e. The van der Waals surface area contributed by atoms with Gasteiger partial charge in [-0.15, -0.1) is 10.2 Å². The topological polar surface area (TPSA) is 111 Å². The van der Waals surface area contributed by atoms with Crippen molar-refractivity contribution in [2.45, 2.75) is 4.34 Å². The Morgan fingerprint density at radius 2 is 2.12 bits per heavy atom. The van der Waals surface area contributed by atoms with E-state index in [2.05, 4.69) is 19.9 Å². The van der Waals surface area contributed by atoms with Crippen LogP contribution < -0.4 is 10.5 Å². The number of nitrogens with one attached hydrogen (secondary N) is 1. The van der Waals surface area contributed by atoms with Gasteiger partial charge in [0.25, 0.3) is 14.4 Å². The highest BCUT2D eigenvalue weighted by atomic mass is 32.2. The van der Waals surface area contributed by atoms with Crippen molar-refractivity contribution >= 4 is 32.3 Å². The predicted octanol–water partition coefficient (Wildman–Crippen LogP) is 0.455. The first-order valence-corrected chi connectivity index (χ1v) is 6.51. The van der Waals surface area contributed by atoms with Gasteiger partial charge in [0.05, 0.1) is 6.20 Å². The van der Waals surface area contributed by atoms with Gasteiger partial charge < -0.3 is 5.73 Å². The molecule has 2 heterocycles. The van der Waals surface area contributed by atoms with Crippen molar-refractivity contribution in [3.63, 3.8) is 0 Å². The molecule has 0 saturated heterocycles. The number of halogens is 1. The van der Waals surface area contributed by atoms with Crippen molar-refractivity contribution in [3.05, 3.63) is 24.1 Å².